The predicted octanol–water partition coefficient (Wildman–Crippen LogP) is -2.54. The molecule has 0 amide bonds. The number of hydrogen-bond donors (Lipinski definition) is 1. The molecule has 0 bridgehead atoms. The molecule has 11 heavy (non-hydrogen) atoms. The van der Waals surface area contributed by atoms with Crippen LogP contribution in [0.4, 0.5) is 0 Å². The number of carbonyl (C=O) groups is 2. The third-order valence-corrected chi connectivity index (χ3v) is 0.400. The van der Waals surface area contributed by atoms with Crippen molar-refractivity contribution >= 4 is 130 Å². The molecule has 0 saturated heterocycles. The van der Waals surface area contributed by atoms with Crippen LogP contribution in [0.3, 0.4) is 0 Å². The summed E-state index contributed by atoms with van der Waals surface area (Å²) in [5.41, 5.74) is 0. The summed E-state index contributed by atoms with van der Waals surface area (Å²) in [5, 5.41) is 7.86. The Morgan fingerprint density at radius 3 is 1.36 bits per heavy atom. The predicted molar refractivity (Wildman–Crippen MR) is 51.5 cm³/mol. The first-order valence-corrected chi connectivity index (χ1v) is 1.84. The van der Waals surface area contributed by atoms with Crippen LogP contribution >= 0.6 is 0 Å². The molecule has 0 unspecified atom stereocenters. The Bertz CT molecular complexity index is 93.5. The SMILES string of the molecule is CC(=O)CC(=O)O.[NaH].[NaH].[NaH].[NaH]. The van der Waals surface area contributed by atoms with Crippen LogP contribution in [0.15, 0.2) is 0 Å². The van der Waals surface area contributed by atoms with Crippen molar-refractivity contribution in [3.05, 3.63) is 0 Å². The van der Waals surface area contributed by atoms with Gasteiger partial charge in [0.1, 0.15) is 12.2 Å². The number of carboxylic acid groups (broad SMARTS) is 1. The van der Waals surface area contributed by atoms with E-state index in [2.05, 4.69) is 0 Å². The van der Waals surface area contributed by atoms with Crippen LogP contribution in [0.1, 0.15) is 13.3 Å². The van der Waals surface area contributed by atoms with Gasteiger partial charge in [0.25, 0.3) is 0 Å². The summed E-state index contributed by atoms with van der Waals surface area (Å²) in [4.78, 5) is 19.5. The van der Waals surface area contributed by atoms with Gasteiger partial charge in [-0.05, 0) is 6.92 Å². The Morgan fingerprint density at radius 1 is 1.09 bits per heavy atom. The Labute approximate surface area is 155 Å². The van der Waals surface area contributed by atoms with Crippen molar-refractivity contribution in [1.29, 1.82) is 0 Å². The maximum absolute atomic E-state index is 9.87. The topological polar surface area (TPSA) is 54.4 Å². The zero-order valence-corrected chi connectivity index (χ0v) is 3.97. The quantitative estimate of drug-likeness (QED) is 0.393. The number of ketones is 1. The minimum absolute atomic E-state index is 0. The number of rotatable bonds is 2. The molecule has 0 fully saturated rings. The van der Waals surface area contributed by atoms with Crippen LogP contribution in [-0.2, 0) is 9.59 Å². The van der Waals surface area contributed by atoms with Crippen molar-refractivity contribution in [3.8, 4) is 0 Å². The van der Waals surface area contributed by atoms with E-state index in [1.807, 2.05) is 0 Å². The van der Waals surface area contributed by atoms with Crippen LogP contribution in [0, 0.1) is 0 Å². The fraction of sp³-hybridized carbons (Fsp3) is 0.500. The zero-order valence-electron chi connectivity index (χ0n) is 3.97. The summed E-state index contributed by atoms with van der Waals surface area (Å²) >= 11 is 0. The Morgan fingerprint density at radius 2 is 1.36 bits per heavy atom. The van der Waals surface area contributed by atoms with Gasteiger partial charge in [-0.25, -0.2) is 0 Å². The normalized spacial score (nSPS) is 5.18. The van der Waals surface area contributed by atoms with Crippen LogP contribution in [0.2, 0.25) is 0 Å². The van der Waals surface area contributed by atoms with Gasteiger partial charge < -0.3 is 5.11 Å². The molecule has 0 aliphatic carbocycles. The first kappa shape index (κ1) is 29.2. The molecule has 0 radical (unpaired) electrons. The minimum atomic E-state index is -1.06. The fourth-order valence-corrected chi connectivity index (χ4v) is 0.213. The van der Waals surface area contributed by atoms with E-state index in [1.165, 1.54) is 6.92 Å². The third-order valence-electron chi connectivity index (χ3n) is 0.400. The number of aliphatic carboxylic acids is 1. The van der Waals surface area contributed by atoms with E-state index in [4.69, 9.17) is 5.11 Å². The van der Waals surface area contributed by atoms with E-state index in [1.54, 1.807) is 0 Å². The van der Waals surface area contributed by atoms with Gasteiger partial charge in [0.15, 0.2) is 0 Å². The average molecular weight is 198 g/mol. The molecule has 1 N–H and O–H groups in total. The first-order valence-electron chi connectivity index (χ1n) is 1.84. The molecule has 0 aromatic carbocycles. The van der Waals surface area contributed by atoms with Crippen LogP contribution < -0.4 is 0 Å². The van der Waals surface area contributed by atoms with Gasteiger partial charge in [0, 0.05) is 0 Å². The molecule has 0 atom stereocenters. The van der Waals surface area contributed by atoms with Gasteiger partial charge in [0.2, 0.25) is 0 Å². The van der Waals surface area contributed by atoms with Gasteiger partial charge in [0.05, 0.1) is 0 Å². The monoisotopic (exact) mass is 198 g/mol. The Hall–Kier alpha value is 3.14. The molecular formula is C4H10Na4O3. The molecular weight excluding hydrogens is 188 g/mol. The Kier molecular flexibility index (Phi) is 50.0. The van der Waals surface area contributed by atoms with E-state index < -0.39 is 5.97 Å². The summed E-state index contributed by atoms with van der Waals surface area (Å²) in [6.45, 7) is 1.24. The second kappa shape index (κ2) is 18.8. The van der Waals surface area contributed by atoms with Gasteiger partial charge in [-0.15, -0.1) is 0 Å². The molecule has 0 saturated carbocycles. The van der Waals surface area contributed by atoms with Crippen molar-refractivity contribution in [2.24, 2.45) is 0 Å². The van der Waals surface area contributed by atoms with Gasteiger partial charge in [-0.3, -0.25) is 9.59 Å². The summed E-state index contributed by atoms with van der Waals surface area (Å²) in [6, 6.07) is 0. The Balaban J connectivity index is -0.0000000300. The van der Waals surface area contributed by atoms with Crippen molar-refractivity contribution in [2.75, 3.05) is 0 Å². The summed E-state index contributed by atoms with van der Waals surface area (Å²) < 4.78 is 0. The second-order valence-electron chi connectivity index (χ2n) is 1.27. The van der Waals surface area contributed by atoms with Crippen LogP contribution in [0.5, 0.6) is 0 Å². The molecule has 48 valence electrons. The molecule has 7 heteroatoms. The van der Waals surface area contributed by atoms with Crippen LogP contribution in [0.25, 0.3) is 0 Å². The molecule has 0 aliphatic rings. The van der Waals surface area contributed by atoms with E-state index in [0.717, 1.165) is 0 Å². The van der Waals surface area contributed by atoms with Crippen molar-refractivity contribution in [3.63, 3.8) is 0 Å². The summed E-state index contributed by atoms with van der Waals surface area (Å²) in [6.07, 6.45) is -0.361. The molecule has 0 rings (SSSR count). The van der Waals surface area contributed by atoms with Gasteiger partial charge in [-0.2, -0.15) is 0 Å². The second-order valence-corrected chi connectivity index (χ2v) is 1.27. The molecule has 0 aliphatic heterocycles. The average Bonchev–Trinajstić information content (AvgIpc) is 1.27. The number of carboxylic acids is 1. The fourth-order valence-electron chi connectivity index (χ4n) is 0.213. The first-order chi connectivity index (χ1) is 3.13. The van der Waals surface area contributed by atoms with Gasteiger partial charge in [-0.1, -0.05) is 0 Å². The maximum atomic E-state index is 9.87. The molecule has 3 nitrogen and oxygen atoms in total. The van der Waals surface area contributed by atoms with Gasteiger partial charge >= 0.3 is 124 Å². The molecule has 0 heterocycles. The van der Waals surface area contributed by atoms with Crippen LogP contribution in [-0.4, -0.2) is 135 Å². The van der Waals surface area contributed by atoms with E-state index in [0.29, 0.717) is 0 Å². The van der Waals surface area contributed by atoms with E-state index >= 15 is 0 Å². The van der Waals surface area contributed by atoms with E-state index in [9.17, 15) is 9.59 Å². The summed E-state index contributed by atoms with van der Waals surface area (Å²) in [5.74, 6) is -1.37. The molecule has 0 aromatic rings. The van der Waals surface area contributed by atoms with Crippen molar-refractivity contribution < 1.29 is 14.7 Å². The number of carbonyl (C=O) groups excluding carboxylic acids is 1. The number of Topliss-reactive ketones (excluding diaryl/α,β-unsaturated/α-hetero) is 1. The number of hydrogen-bond acceptors (Lipinski definition) is 2. The molecule has 0 aromatic heterocycles. The third kappa shape index (κ3) is 32.0. The summed E-state index contributed by atoms with van der Waals surface area (Å²) in [7, 11) is 0. The van der Waals surface area contributed by atoms with Crippen molar-refractivity contribution in [1.82, 2.24) is 0 Å². The standard InChI is InChI=1S/C4H6O3.4Na.4H/c1-3(5)2-4(6)7;;;;;;;;/h2H2,1H3,(H,6,7);;;;;;;;. The van der Waals surface area contributed by atoms with E-state index in [-0.39, 0.29) is 130 Å². The molecule has 0 spiro atoms. The zero-order chi connectivity index (χ0) is 5.86. The van der Waals surface area contributed by atoms with Crippen molar-refractivity contribution in [2.45, 2.75) is 13.3 Å².